The summed E-state index contributed by atoms with van der Waals surface area (Å²) >= 11 is 4.85. The minimum atomic E-state index is -0.830. The molecule has 12 heteroatoms. The van der Waals surface area contributed by atoms with Gasteiger partial charge in [-0.3, -0.25) is 9.36 Å². The maximum absolute atomic E-state index is 14.0. The first-order chi connectivity index (χ1) is 22.7. The number of hydrogen-bond donors (Lipinski definition) is 0. The van der Waals surface area contributed by atoms with Crippen LogP contribution in [0.1, 0.15) is 53.9 Å². The van der Waals surface area contributed by atoms with E-state index in [4.69, 9.17) is 23.7 Å². The summed E-state index contributed by atoms with van der Waals surface area (Å²) < 4.78 is 29.9. The quantitative estimate of drug-likeness (QED) is 0.191. The van der Waals surface area contributed by atoms with Crippen LogP contribution in [0.25, 0.3) is 6.08 Å². The Bertz CT molecular complexity index is 2010. The van der Waals surface area contributed by atoms with E-state index in [2.05, 4.69) is 20.9 Å². The number of fused-ring (bicyclic) bond motifs is 1. The zero-order valence-corrected chi connectivity index (χ0v) is 28.9. The summed E-state index contributed by atoms with van der Waals surface area (Å²) in [5.74, 6) is 0.670. The van der Waals surface area contributed by atoms with Crippen LogP contribution >= 0.6 is 27.3 Å². The third-order valence-electron chi connectivity index (χ3n) is 7.36. The second-order valence-electron chi connectivity index (χ2n) is 10.3. The van der Waals surface area contributed by atoms with Crippen molar-refractivity contribution in [3.8, 4) is 17.2 Å². The summed E-state index contributed by atoms with van der Waals surface area (Å²) in [5.41, 5.74) is 3.20. The molecule has 0 spiro atoms. The molecule has 2 heterocycles. The molecule has 0 saturated carbocycles. The van der Waals surface area contributed by atoms with Gasteiger partial charge in [-0.15, -0.1) is 0 Å². The predicted octanol–water partition coefficient (Wildman–Crippen LogP) is 5.33. The summed E-state index contributed by atoms with van der Waals surface area (Å²) in [6.07, 6.45) is 1.78. The molecule has 47 heavy (non-hydrogen) atoms. The molecule has 0 radical (unpaired) electrons. The Labute approximate surface area is 283 Å². The largest absolute Gasteiger partial charge is 0.493 e. The number of allylic oxidation sites excluding steroid dienone is 1. The molecule has 0 amide bonds. The topological polar surface area (TPSA) is 115 Å². The Balaban J connectivity index is 1.46. The molecule has 244 valence electrons. The molecule has 1 aromatic heterocycles. The standard InChI is InChI=1S/C35H33BrN2O8S/c1-6-44-33(40)23-12-8-22(9-13-23)19-46-24-14-10-21(11-15-24)16-29-32(39)38-31(25-17-27(42-4)28(43-5)18-26(25)36)30(34(41)45-7-2)20(3)37-35(38)47-29/h8-18,31H,6-7,19H2,1-5H3/b29-16-/t31-/m0/s1. The summed E-state index contributed by atoms with van der Waals surface area (Å²) in [7, 11) is 3.06. The fourth-order valence-electron chi connectivity index (χ4n) is 5.10. The van der Waals surface area contributed by atoms with Crippen molar-refractivity contribution in [2.24, 2.45) is 4.99 Å². The van der Waals surface area contributed by atoms with Crippen LogP contribution in [0.4, 0.5) is 0 Å². The molecule has 1 aliphatic heterocycles. The zero-order valence-electron chi connectivity index (χ0n) is 26.5. The number of halogens is 1. The third-order valence-corrected chi connectivity index (χ3v) is 9.03. The minimum absolute atomic E-state index is 0.168. The average molecular weight is 722 g/mol. The van der Waals surface area contributed by atoms with Gasteiger partial charge in [0.05, 0.1) is 54.8 Å². The third kappa shape index (κ3) is 7.18. The molecular formula is C35H33BrN2O8S. The van der Waals surface area contributed by atoms with Gasteiger partial charge >= 0.3 is 11.9 Å². The van der Waals surface area contributed by atoms with Crippen molar-refractivity contribution in [1.29, 1.82) is 0 Å². The fraction of sp³-hybridized carbons (Fsp3) is 0.257. The van der Waals surface area contributed by atoms with Crippen LogP contribution < -0.4 is 29.1 Å². The first kappa shape index (κ1) is 33.7. The number of ether oxygens (including phenoxy) is 5. The number of benzene rings is 3. The molecule has 0 fully saturated rings. The number of rotatable bonds is 11. The highest BCUT2D eigenvalue weighted by Gasteiger charge is 2.35. The lowest BCUT2D eigenvalue weighted by atomic mass is 9.95. The molecular weight excluding hydrogens is 688 g/mol. The minimum Gasteiger partial charge on any atom is -0.493 e. The Hall–Kier alpha value is -4.68. The van der Waals surface area contributed by atoms with Gasteiger partial charge in [0.2, 0.25) is 0 Å². The molecule has 0 saturated heterocycles. The highest BCUT2D eigenvalue weighted by molar-refractivity contribution is 9.10. The van der Waals surface area contributed by atoms with Crippen LogP contribution in [0.5, 0.6) is 17.2 Å². The number of nitrogens with zero attached hydrogens (tertiary/aromatic N) is 2. The van der Waals surface area contributed by atoms with Gasteiger partial charge in [0.15, 0.2) is 16.3 Å². The first-order valence-corrected chi connectivity index (χ1v) is 16.4. The molecule has 1 aliphatic rings. The van der Waals surface area contributed by atoms with Gasteiger partial charge in [-0.2, -0.15) is 0 Å². The SMILES string of the molecule is CCOC(=O)C1=C(C)N=c2s/c(=C\c3ccc(OCc4ccc(C(=O)OCC)cc4)cc3)c(=O)n2[C@H]1c1cc(OC)c(OC)cc1Br. The van der Waals surface area contributed by atoms with E-state index in [0.29, 0.717) is 61.1 Å². The maximum Gasteiger partial charge on any atom is 0.338 e. The Morgan fingerprint density at radius 1 is 0.936 bits per heavy atom. The van der Waals surface area contributed by atoms with Gasteiger partial charge in [-0.05, 0) is 79.9 Å². The van der Waals surface area contributed by atoms with Crippen LogP contribution in [0.15, 0.2) is 86.2 Å². The van der Waals surface area contributed by atoms with Crippen LogP contribution in [-0.2, 0) is 20.9 Å². The molecule has 5 rings (SSSR count). The fourth-order valence-corrected chi connectivity index (χ4v) is 6.68. The van der Waals surface area contributed by atoms with E-state index in [0.717, 1.165) is 11.1 Å². The monoisotopic (exact) mass is 720 g/mol. The predicted molar refractivity (Wildman–Crippen MR) is 181 cm³/mol. The van der Waals surface area contributed by atoms with Crippen molar-refractivity contribution >= 4 is 45.3 Å². The van der Waals surface area contributed by atoms with Crippen molar-refractivity contribution in [3.05, 3.63) is 118 Å². The summed E-state index contributed by atoms with van der Waals surface area (Å²) in [4.78, 5) is 44.3. The Kier molecular flexibility index (Phi) is 10.6. The van der Waals surface area contributed by atoms with Crippen molar-refractivity contribution in [3.63, 3.8) is 0 Å². The summed E-state index contributed by atoms with van der Waals surface area (Å²) in [6.45, 7) is 6.03. The highest BCUT2D eigenvalue weighted by atomic mass is 79.9. The first-order valence-electron chi connectivity index (χ1n) is 14.8. The highest BCUT2D eigenvalue weighted by Crippen LogP contribution is 2.40. The molecule has 0 aliphatic carbocycles. The van der Waals surface area contributed by atoms with E-state index in [1.54, 1.807) is 51.1 Å². The van der Waals surface area contributed by atoms with Gasteiger partial charge < -0.3 is 23.7 Å². The van der Waals surface area contributed by atoms with Crippen molar-refractivity contribution in [1.82, 2.24) is 4.57 Å². The number of carbonyl (C=O) groups is 2. The van der Waals surface area contributed by atoms with Crippen LogP contribution in [-0.4, -0.2) is 43.9 Å². The summed E-state index contributed by atoms with van der Waals surface area (Å²) in [6, 6.07) is 17.1. The van der Waals surface area contributed by atoms with Gasteiger partial charge in [0, 0.05) is 4.47 Å². The zero-order chi connectivity index (χ0) is 33.7. The van der Waals surface area contributed by atoms with Crippen LogP contribution in [0.2, 0.25) is 0 Å². The molecule has 10 nitrogen and oxygen atoms in total. The molecule has 0 N–H and O–H groups in total. The normalized spacial score (nSPS) is 14.3. The smallest absolute Gasteiger partial charge is 0.338 e. The van der Waals surface area contributed by atoms with Gasteiger partial charge in [0.25, 0.3) is 5.56 Å². The summed E-state index contributed by atoms with van der Waals surface area (Å²) in [5, 5.41) is 0. The van der Waals surface area contributed by atoms with E-state index in [9.17, 15) is 14.4 Å². The lowest BCUT2D eigenvalue weighted by molar-refractivity contribution is -0.139. The van der Waals surface area contributed by atoms with Crippen molar-refractivity contribution in [2.75, 3.05) is 27.4 Å². The van der Waals surface area contributed by atoms with Crippen molar-refractivity contribution < 1.29 is 33.3 Å². The molecule has 0 unspecified atom stereocenters. The maximum atomic E-state index is 14.0. The van der Waals surface area contributed by atoms with E-state index in [1.807, 2.05) is 36.4 Å². The van der Waals surface area contributed by atoms with E-state index >= 15 is 0 Å². The van der Waals surface area contributed by atoms with Gasteiger partial charge in [-0.25, -0.2) is 14.6 Å². The Morgan fingerprint density at radius 2 is 1.57 bits per heavy atom. The second kappa shape index (κ2) is 14.8. The van der Waals surface area contributed by atoms with E-state index < -0.39 is 12.0 Å². The number of aromatic nitrogens is 1. The van der Waals surface area contributed by atoms with Crippen LogP contribution in [0.3, 0.4) is 0 Å². The van der Waals surface area contributed by atoms with Gasteiger partial charge in [-0.1, -0.05) is 51.5 Å². The lowest BCUT2D eigenvalue weighted by Crippen LogP contribution is -2.40. The van der Waals surface area contributed by atoms with Crippen LogP contribution in [0, 0.1) is 0 Å². The van der Waals surface area contributed by atoms with E-state index in [-0.39, 0.29) is 23.7 Å². The lowest BCUT2D eigenvalue weighted by Gasteiger charge is -2.26. The molecule has 3 aromatic carbocycles. The number of carbonyl (C=O) groups excluding carboxylic acids is 2. The number of thiazole rings is 1. The molecule has 1 atom stereocenters. The second-order valence-corrected chi connectivity index (χ2v) is 12.2. The average Bonchev–Trinajstić information content (AvgIpc) is 3.37. The number of esters is 2. The number of methoxy groups -OCH3 is 2. The molecule has 0 bridgehead atoms. The van der Waals surface area contributed by atoms with Gasteiger partial charge in [0.1, 0.15) is 12.4 Å². The Morgan fingerprint density at radius 3 is 2.21 bits per heavy atom. The van der Waals surface area contributed by atoms with Crippen molar-refractivity contribution in [2.45, 2.75) is 33.4 Å². The van der Waals surface area contributed by atoms with E-state index in [1.165, 1.54) is 30.1 Å². The molecule has 4 aromatic rings. The number of hydrogen-bond acceptors (Lipinski definition) is 10.